The van der Waals surface area contributed by atoms with E-state index < -0.39 is 57.9 Å². The van der Waals surface area contributed by atoms with E-state index in [9.17, 15) is 20.4 Å². The number of allylic oxidation sites excluding steroid dienone is 6. The molecular formula is C72H88N8O6. The van der Waals surface area contributed by atoms with Crippen LogP contribution in [0, 0.1) is 22.7 Å². The first-order valence-corrected chi connectivity index (χ1v) is 33.6. The fourth-order valence-corrected chi connectivity index (χ4v) is 21.1. The summed E-state index contributed by atoms with van der Waals surface area (Å²) in [7, 11) is 0. The van der Waals surface area contributed by atoms with Crippen molar-refractivity contribution in [3.8, 4) is 0 Å². The zero-order valence-electron chi connectivity index (χ0n) is 50.1. The number of piperidine rings is 2. The second-order valence-corrected chi connectivity index (χ2v) is 28.9. The maximum atomic E-state index is 14.4. The minimum atomic E-state index is -1.28. The molecular weight excluding hydrogens is 1070 g/mol. The highest BCUT2D eigenvalue weighted by atomic mass is 16.6. The molecule has 8 saturated heterocycles. The SMILES string of the molecule is OC1CCC23C[C@]45CN6CCCC/C=C\CC[C@](O)(C=C(c7nccc8c7[nH]c7ccccc78)[C@@H]4CC6)C5N2CCC1O[C@@]12CC[C@@H](O3)[C@@H](O)CCN1C1[C@]3(CN4CCCC/C=C\CC[C@]1(O)C=C(c1nccc5c1[nH]c1ccccc15)[C@@H]3CC4)C2. The number of fused-ring (bicyclic) bond motifs is 11. The summed E-state index contributed by atoms with van der Waals surface area (Å²) < 4.78 is 16.3. The topological polar surface area (TPSA) is 170 Å². The summed E-state index contributed by atoms with van der Waals surface area (Å²) in [5.74, 6) is 0.123. The first kappa shape index (κ1) is 55.0. The molecule has 452 valence electrons. The number of H-pyrrole nitrogens is 2. The van der Waals surface area contributed by atoms with Crippen LogP contribution in [0.25, 0.3) is 54.8 Å². The van der Waals surface area contributed by atoms with Crippen molar-refractivity contribution in [2.45, 2.75) is 188 Å². The van der Waals surface area contributed by atoms with E-state index in [-0.39, 0.29) is 23.9 Å². The number of nitrogens with one attached hydrogen (secondary N) is 2. The van der Waals surface area contributed by atoms with Crippen molar-refractivity contribution in [3.63, 3.8) is 0 Å². The van der Waals surface area contributed by atoms with Crippen LogP contribution in [0.4, 0.5) is 0 Å². The van der Waals surface area contributed by atoms with Gasteiger partial charge in [0.15, 0.2) is 0 Å². The first-order valence-electron chi connectivity index (χ1n) is 33.6. The molecule has 0 saturated carbocycles. The average molecular weight is 1160 g/mol. The van der Waals surface area contributed by atoms with E-state index in [1.165, 1.54) is 10.8 Å². The number of pyridine rings is 2. The number of hydrogen-bond acceptors (Lipinski definition) is 12. The fourth-order valence-electron chi connectivity index (χ4n) is 21.1. The molecule has 18 rings (SSSR count). The molecule has 6 N–H and O–H groups in total. The number of rotatable bonds is 2. The quantitative estimate of drug-likeness (QED) is 0.0909. The lowest BCUT2D eigenvalue weighted by molar-refractivity contribution is -0.223. The lowest BCUT2D eigenvalue weighted by Crippen LogP contribution is -2.66. The van der Waals surface area contributed by atoms with Gasteiger partial charge in [0.25, 0.3) is 0 Å². The number of aromatic nitrogens is 4. The van der Waals surface area contributed by atoms with Gasteiger partial charge in [0, 0.05) is 82.0 Å². The van der Waals surface area contributed by atoms with E-state index in [1.54, 1.807) is 0 Å². The van der Waals surface area contributed by atoms with E-state index in [4.69, 9.17) is 19.4 Å². The first-order chi connectivity index (χ1) is 42.0. The van der Waals surface area contributed by atoms with Gasteiger partial charge in [-0.15, -0.1) is 0 Å². The molecule has 10 bridgehead atoms. The van der Waals surface area contributed by atoms with Crippen molar-refractivity contribution in [1.29, 1.82) is 0 Å². The summed E-state index contributed by atoms with van der Waals surface area (Å²) in [5.41, 5.74) is 3.10. The predicted octanol–water partition coefficient (Wildman–Crippen LogP) is 10.8. The summed E-state index contributed by atoms with van der Waals surface area (Å²) in [6, 6.07) is 20.7. The van der Waals surface area contributed by atoms with Gasteiger partial charge in [0.05, 0.1) is 70.1 Å². The Balaban J connectivity index is 0.805. The third kappa shape index (κ3) is 8.39. The van der Waals surface area contributed by atoms with Crippen molar-refractivity contribution >= 4 is 54.8 Å². The molecule has 6 aromatic rings. The van der Waals surface area contributed by atoms with E-state index in [2.05, 4.69) is 127 Å². The number of nitrogens with zero attached hydrogens (tertiary/aromatic N) is 6. The van der Waals surface area contributed by atoms with Crippen molar-refractivity contribution < 1.29 is 29.9 Å². The lowest BCUT2D eigenvalue weighted by atomic mass is 9.54. The maximum Gasteiger partial charge on any atom is 0.123 e. The zero-order chi connectivity index (χ0) is 57.6. The normalized spacial score (nSPS) is 42.0. The third-order valence-electron chi connectivity index (χ3n) is 24.3. The molecule has 8 fully saturated rings. The number of aliphatic hydroxyl groups excluding tert-OH is 2. The Labute approximate surface area is 505 Å². The Hall–Kier alpha value is -5.10. The number of hydrogen-bond donors (Lipinski definition) is 6. The number of aliphatic hydroxyl groups is 4. The van der Waals surface area contributed by atoms with Crippen molar-refractivity contribution in [1.82, 2.24) is 39.5 Å². The van der Waals surface area contributed by atoms with Gasteiger partial charge in [0.1, 0.15) is 11.4 Å². The molecule has 0 amide bonds. The fraction of sp³-hybridized carbons (Fsp3) is 0.583. The van der Waals surface area contributed by atoms with Crippen LogP contribution in [0.2, 0.25) is 0 Å². The van der Waals surface area contributed by atoms with E-state index >= 15 is 0 Å². The minimum absolute atomic E-state index is 0.0576. The highest BCUT2D eigenvalue weighted by molar-refractivity contribution is 6.11. The summed E-state index contributed by atoms with van der Waals surface area (Å²) >= 11 is 0. The molecule has 7 unspecified atom stereocenters. The molecule has 14 heterocycles. The molecule has 4 spiro atoms. The van der Waals surface area contributed by atoms with Crippen LogP contribution >= 0.6 is 0 Å². The minimum Gasteiger partial charge on any atom is -0.390 e. The highest BCUT2D eigenvalue weighted by Crippen LogP contribution is 2.68. The highest BCUT2D eigenvalue weighted by Gasteiger charge is 2.74. The molecule has 2 aliphatic carbocycles. The van der Waals surface area contributed by atoms with E-state index in [0.29, 0.717) is 77.3 Å². The number of para-hydroxylation sites is 2. The van der Waals surface area contributed by atoms with Gasteiger partial charge in [-0.2, -0.15) is 0 Å². The lowest BCUT2D eigenvalue weighted by Gasteiger charge is -2.58. The van der Waals surface area contributed by atoms with E-state index in [0.717, 1.165) is 159 Å². The number of ether oxygens (including phenoxy) is 2. The molecule has 4 aromatic heterocycles. The Morgan fingerprint density at radius 3 is 1.50 bits per heavy atom. The van der Waals surface area contributed by atoms with Crippen LogP contribution in [-0.4, -0.2) is 171 Å². The Morgan fingerprint density at radius 1 is 0.477 bits per heavy atom. The molecule has 14 heteroatoms. The largest absolute Gasteiger partial charge is 0.390 e. The summed E-state index contributed by atoms with van der Waals surface area (Å²) in [5, 5.41) is 59.7. The second-order valence-electron chi connectivity index (χ2n) is 28.9. The van der Waals surface area contributed by atoms with Gasteiger partial charge >= 0.3 is 0 Å². The van der Waals surface area contributed by atoms with Crippen LogP contribution in [-0.2, 0) is 9.47 Å². The van der Waals surface area contributed by atoms with Crippen LogP contribution < -0.4 is 0 Å². The van der Waals surface area contributed by atoms with Crippen LogP contribution in [0.15, 0.2) is 110 Å². The third-order valence-corrected chi connectivity index (χ3v) is 24.3. The predicted molar refractivity (Wildman–Crippen MR) is 337 cm³/mol. The zero-order valence-corrected chi connectivity index (χ0v) is 50.1. The van der Waals surface area contributed by atoms with Gasteiger partial charge in [-0.3, -0.25) is 19.8 Å². The van der Waals surface area contributed by atoms with E-state index in [1.807, 2.05) is 12.4 Å². The van der Waals surface area contributed by atoms with Gasteiger partial charge in [-0.1, -0.05) is 60.7 Å². The number of aromatic amines is 2. The second kappa shape index (κ2) is 20.7. The van der Waals surface area contributed by atoms with Gasteiger partial charge in [-0.05, 0) is 214 Å². The molecule has 14 nitrogen and oxygen atoms in total. The summed E-state index contributed by atoms with van der Waals surface area (Å²) in [6.45, 7) is 6.66. The van der Waals surface area contributed by atoms with Crippen LogP contribution in [0.5, 0.6) is 0 Å². The molecule has 16 atom stereocenters. The van der Waals surface area contributed by atoms with Gasteiger partial charge in [-0.25, -0.2) is 0 Å². The Bertz CT molecular complexity index is 3740. The summed E-state index contributed by atoms with van der Waals surface area (Å²) in [6.07, 6.45) is 30.7. The molecule has 12 aliphatic rings. The summed E-state index contributed by atoms with van der Waals surface area (Å²) in [4.78, 5) is 28.9. The smallest absolute Gasteiger partial charge is 0.123 e. The van der Waals surface area contributed by atoms with Crippen molar-refractivity contribution in [2.75, 3.05) is 52.4 Å². The average Bonchev–Trinajstić information content (AvgIpc) is 1.50. The van der Waals surface area contributed by atoms with Crippen LogP contribution in [0.1, 0.15) is 140 Å². The molecule has 10 aliphatic heterocycles. The standard InChI is InChI=1S/C72H88N8O6/c81-57-21-31-71-43-67-45-77-35-15-7-4-2-6-14-30-70(84,42-52(53(67)25-37-77)62-64-50(24-34-74-62)48-18-10-12-20-56(48)76-64)66(67)80(71)40-28-60(57)86-72-32-22-59(85-71)58(82)27-39-79(72)65-68(44-72)46-78-36-16-8-3-1-5-13-29-69(65,83)41-51(54(68)26-38-78)61-63-49(23-33-73-61)47-17-9-11-19-55(47)75-63/h1-2,5-6,9-12,17-20,23-24,33-34,41-42,53-54,57-60,65-66,75-76,81-84H,3-4,7-8,13-16,21-22,25-32,35-40,43-46H2/b5-1-,6-2-/t53-,54-,57?,58-,59+,60?,65?,66?,67-,68-,69-,70-,71?,72+/m0/s1. The van der Waals surface area contributed by atoms with Gasteiger partial charge < -0.3 is 49.7 Å². The Kier molecular flexibility index (Phi) is 13.3. The maximum absolute atomic E-state index is 14.4. The molecule has 2 aromatic carbocycles. The number of benzene rings is 2. The van der Waals surface area contributed by atoms with Crippen molar-refractivity contribution in [3.05, 3.63) is 121 Å². The molecule has 86 heavy (non-hydrogen) atoms. The monoisotopic (exact) mass is 1160 g/mol. The molecule has 0 radical (unpaired) electrons. The Morgan fingerprint density at radius 2 is 0.953 bits per heavy atom. The van der Waals surface area contributed by atoms with Gasteiger partial charge in [0.2, 0.25) is 0 Å². The van der Waals surface area contributed by atoms with Crippen LogP contribution in [0.3, 0.4) is 0 Å². The van der Waals surface area contributed by atoms with Crippen molar-refractivity contribution in [2.24, 2.45) is 22.7 Å².